The van der Waals surface area contributed by atoms with Gasteiger partial charge in [-0.05, 0) is 151 Å². The molecular formula is C57H80Cl2K2N2O14S3Si. The maximum absolute atomic E-state index is 13.8. The molecule has 16 nitrogen and oxygen atoms in total. The smallest absolute Gasteiger partial charge is 1.00 e. The molecule has 0 aromatic heterocycles. The molecule has 2 N–H and O–H groups in total. The van der Waals surface area contributed by atoms with Crippen LogP contribution in [0.3, 0.4) is 0 Å². The van der Waals surface area contributed by atoms with Crippen LogP contribution in [0.25, 0.3) is 0 Å². The molecule has 0 spiro atoms. The number of benzene rings is 5. The second-order valence-corrected chi connectivity index (χ2v) is 32.8. The van der Waals surface area contributed by atoms with Crippen LogP contribution in [0.5, 0.6) is 0 Å². The second kappa shape index (κ2) is 35.8. The maximum atomic E-state index is 13.8. The first-order valence-corrected chi connectivity index (χ1v) is 33.6. The van der Waals surface area contributed by atoms with Gasteiger partial charge in [-0.15, -0.1) is 0 Å². The van der Waals surface area contributed by atoms with Crippen molar-refractivity contribution in [3.8, 4) is 0 Å². The van der Waals surface area contributed by atoms with E-state index in [1.807, 2.05) is 57.2 Å². The fraction of sp³-hybridized carbons (Fsp3) is 0.456. The van der Waals surface area contributed by atoms with Crippen molar-refractivity contribution in [2.45, 2.75) is 151 Å². The Kier molecular flexibility index (Phi) is 34.6. The summed E-state index contributed by atoms with van der Waals surface area (Å²) in [5.74, 6) is 0. The Bertz CT molecular complexity index is 2990. The van der Waals surface area contributed by atoms with Gasteiger partial charge < -0.3 is 30.9 Å². The summed E-state index contributed by atoms with van der Waals surface area (Å²) in [6.45, 7) is 23.7. The first-order chi connectivity index (χ1) is 36.6. The Labute approximate surface area is 580 Å². The number of nitrogens with zero attached hydrogens (tertiary/aromatic N) is 2. The van der Waals surface area contributed by atoms with Crippen LogP contribution >= 0.6 is 23.2 Å². The molecule has 0 radical (unpaired) electrons. The number of carbonyl (C=O) groups is 1. The fourth-order valence-corrected chi connectivity index (χ4v) is 12.8. The summed E-state index contributed by atoms with van der Waals surface area (Å²) < 4.78 is 102. The molecule has 1 saturated heterocycles. The quantitative estimate of drug-likeness (QED) is 0.0373. The van der Waals surface area contributed by atoms with E-state index in [9.17, 15) is 30.4 Å². The number of hydrogen-bond donors (Lipinski definition) is 2. The number of sulfonamides is 2. The van der Waals surface area contributed by atoms with Crippen molar-refractivity contribution in [2.24, 2.45) is 0 Å². The molecule has 1 aliphatic heterocycles. The van der Waals surface area contributed by atoms with E-state index < -0.39 is 62.8 Å². The summed E-state index contributed by atoms with van der Waals surface area (Å²) in [4.78, 5) is 11.6. The molecule has 81 heavy (non-hydrogen) atoms. The predicted molar refractivity (Wildman–Crippen MR) is 312 cm³/mol. The van der Waals surface area contributed by atoms with E-state index in [2.05, 4.69) is 38.8 Å². The van der Waals surface area contributed by atoms with Crippen molar-refractivity contribution in [1.29, 1.82) is 0 Å². The van der Waals surface area contributed by atoms with Gasteiger partial charge >= 0.3 is 103 Å². The average Bonchev–Trinajstić information content (AvgIpc) is 3.37. The van der Waals surface area contributed by atoms with Crippen molar-refractivity contribution in [2.75, 3.05) is 32.9 Å². The molecule has 0 amide bonds. The Morgan fingerprint density at radius 2 is 1.17 bits per heavy atom. The third-order valence-corrected chi connectivity index (χ3v) is 23.0. The number of aliphatic hydroxyl groups excluding tert-OH is 1. The Morgan fingerprint density at radius 1 is 0.753 bits per heavy atom. The number of carbonyl (C=O) groups excluding carboxylic acids is 1. The zero-order valence-corrected chi connectivity index (χ0v) is 60.5. The molecule has 440 valence electrons. The maximum Gasteiger partial charge on any atom is 1.00 e. The fourth-order valence-electron chi connectivity index (χ4n) is 7.25. The SMILES string of the molecule is CC(C)(C)O.CC[C@@H](O)CN(C(COS(=O)(=O)c1ccc(C)cc1)Cc1ccc(Cl)cc1)S(=O)(=O)c1ccc(C)cc1.Cc1ccc(S(=O)(=O)N2C[C@@H](CO[Si](C)(C)C(C)(C)C)OCC2Cc2ccc(Cl)cc2)cc1.O=CO[O-].[H-].[K+].[K+]. The monoisotopic (exact) mass is 1290 g/mol. The van der Waals surface area contributed by atoms with Gasteiger partial charge in [0.2, 0.25) is 20.0 Å². The number of morpholine rings is 1. The molecule has 0 bridgehead atoms. The number of aryl methyl sites for hydroxylation is 3. The van der Waals surface area contributed by atoms with Crippen molar-refractivity contribution in [3.05, 3.63) is 159 Å². The normalized spacial score (nSPS) is 15.8. The van der Waals surface area contributed by atoms with E-state index in [4.69, 9.17) is 51.7 Å². The van der Waals surface area contributed by atoms with Gasteiger partial charge in [0, 0.05) is 23.1 Å². The first-order valence-electron chi connectivity index (χ1n) is 25.6. The first kappa shape index (κ1) is 78.2. The number of rotatable bonds is 20. The average molecular weight is 1290 g/mol. The van der Waals surface area contributed by atoms with Gasteiger partial charge in [0.1, 0.15) is 0 Å². The van der Waals surface area contributed by atoms with E-state index in [0.717, 1.165) is 32.1 Å². The summed E-state index contributed by atoms with van der Waals surface area (Å²) in [7, 11) is -13.9. The summed E-state index contributed by atoms with van der Waals surface area (Å²) in [6.07, 6.45) is -0.251. The third-order valence-electron chi connectivity index (χ3n) is 12.8. The summed E-state index contributed by atoms with van der Waals surface area (Å²) in [5, 5.41) is 28.7. The predicted octanol–water partition coefficient (Wildman–Crippen LogP) is 3.74. The van der Waals surface area contributed by atoms with E-state index in [0.29, 0.717) is 41.0 Å². The number of halogens is 2. The summed E-state index contributed by atoms with van der Waals surface area (Å²) in [6, 6.07) is 32.8. The minimum Gasteiger partial charge on any atom is -1.00 e. The zero-order chi connectivity index (χ0) is 59.6. The zero-order valence-electron chi connectivity index (χ0n) is 50.3. The molecular weight excluding hydrogens is 1210 g/mol. The molecule has 1 fully saturated rings. The largest absolute Gasteiger partial charge is 1.00 e. The number of ether oxygens (including phenoxy) is 1. The van der Waals surface area contributed by atoms with Crippen LogP contribution in [0.4, 0.5) is 0 Å². The molecule has 5 aromatic carbocycles. The second-order valence-electron chi connectivity index (χ2n) is 21.7. The van der Waals surface area contributed by atoms with Gasteiger partial charge in [-0.3, -0.25) is 8.98 Å². The minimum absolute atomic E-state index is 0. The van der Waals surface area contributed by atoms with Crippen LogP contribution in [0.1, 0.15) is 84.1 Å². The minimum atomic E-state index is -4.16. The van der Waals surface area contributed by atoms with Gasteiger partial charge in [-0.25, -0.2) is 16.8 Å². The molecule has 6 rings (SSSR count). The van der Waals surface area contributed by atoms with Gasteiger partial charge in [0.25, 0.3) is 16.6 Å². The third kappa shape index (κ3) is 27.0. The van der Waals surface area contributed by atoms with Gasteiger partial charge in [-0.2, -0.15) is 17.0 Å². The molecule has 2 unspecified atom stereocenters. The molecule has 1 aliphatic rings. The van der Waals surface area contributed by atoms with Crippen molar-refractivity contribution in [1.82, 2.24) is 8.61 Å². The van der Waals surface area contributed by atoms with Crippen molar-refractivity contribution >= 4 is 68.2 Å². The van der Waals surface area contributed by atoms with E-state index in [1.165, 1.54) is 24.3 Å². The molecule has 1 heterocycles. The molecule has 5 aromatic rings. The summed E-state index contributed by atoms with van der Waals surface area (Å²) in [5.41, 5.74) is 4.07. The van der Waals surface area contributed by atoms with Crippen molar-refractivity contribution in [3.63, 3.8) is 0 Å². The number of aliphatic hydroxyl groups is 2. The van der Waals surface area contributed by atoms with E-state index in [-0.39, 0.29) is 157 Å². The molecule has 4 atom stereocenters. The van der Waals surface area contributed by atoms with Crippen LogP contribution in [0.15, 0.2) is 136 Å². The Hall–Kier alpha value is -0.830. The van der Waals surface area contributed by atoms with Crippen LogP contribution in [-0.2, 0) is 66.0 Å². The van der Waals surface area contributed by atoms with Crippen LogP contribution in [0.2, 0.25) is 28.2 Å². The molecule has 0 saturated carbocycles. The van der Waals surface area contributed by atoms with E-state index >= 15 is 0 Å². The van der Waals surface area contributed by atoms with Gasteiger partial charge in [0.15, 0.2) is 8.32 Å². The summed E-state index contributed by atoms with van der Waals surface area (Å²) >= 11 is 12.0. The van der Waals surface area contributed by atoms with Crippen LogP contribution in [-0.4, -0.2) is 122 Å². The Balaban J connectivity index is 0.00000135. The molecule has 24 heteroatoms. The Morgan fingerprint density at radius 3 is 1.59 bits per heavy atom. The topological polar surface area (TPSA) is 226 Å². The van der Waals surface area contributed by atoms with Crippen LogP contribution < -0.4 is 108 Å². The van der Waals surface area contributed by atoms with Gasteiger partial charge in [0.05, 0.1) is 64.4 Å². The molecule has 0 aliphatic carbocycles. The van der Waals surface area contributed by atoms with Gasteiger partial charge in [-0.1, -0.05) is 128 Å². The standard InChI is InChI=1S/C27H32ClNO6S2.C25H36ClNO4SSi.C4H10O.CH2O3.2K.H/c1-4-25(30)18-29(36(31,32)26-13-5-20(2)6-14-26)24(17-22-9-11-23(28)12-10-22)19-35-37(33,34)27-15-7-21(3)8-16-27;1-19-7-13-24(14-8-19)32(28,29)27-16-23(18-31-33(5,6)25(2,3)4)30-17-22(27)15-20-9-11-21(26)12-10-20;1-4(2,3)5;2-1-4-3;;;/h5-16,24-25,30H,4,17-19H2,1-3H3;7-14,22-23H,15-18H2,1-6H3;5H,1-3H3;1,3H;;;/q;;;;2*+1;-1/p-1/t24?,25-;22?,23-;;;;;/m10...../s1. The number of hydrogen-bond acceptors (Lipinski definition) is 14. The van der Waals surface area contributed by atoms with E-state index in [1.54, 1.807) is 92.7 Å². The van der Waals surface area contributed by atoms with Crippen molar-refractivity contribution < 1.29 is 168 Å². The van der Waals surface area contributed by atoms with Crippen LogP contribution in [0, 0.1) is 20.8 Å².